The van der Waals surface area contributed by atoms with Gasteiger partial charge in [-0.25, -0.2) is 5.43 Å². The van der Waals surface area contributed by atoms with E-state index in [2.05, 4.69) is 10.5 Å². The van der Waals surface area contributed by atoms with Crippen molar-refractivity contribution in [3.05, 3.63) is 48.0 Å². The van der Waals surface area contributed by atoms with Gasteiger partial charge in [0.05, 0.1) is 12.8 Å². The number of rotatable bonds is 6. The lowest BCUT2D eigenvalue weighted by Gasteiger charge is -2.09. The van der Waals surface area contributed by atoms with Gasteiger partial charge in [-0.15, -0.1) is 0 Å². The summed E-state index contributed by atoms with van der Waals surface area (Å²) in [4.78, 5) is 11.8. The van der Waals surface area contributed by atoms with Gasteiger partial charge in [0.2, 0.25) is 0 Å². The molecule has 7 heteroatoms. The Hall–Kier alpha value is -3.22. The summed E-state index contributed by atoms with van der Waals surface area (Å²) in [5.74, 6) is 0.438. The smallest absolute Gasteiger partial charge is 0.277 e. The van der Waals surface area contributed by atoms with E-state index in [9.17, 15) is 15.0 Å². The van der Waals surface area contributed by atoms with Crippen LogP contribution >= 0.6 is 0 Å². The lowest BCUT2D eigenvalue weighted by molar-refractivity contribution is -0.123. The molecule has 0 aliphatic rings. The molecule has 0 saturated heterocycles. The lowest BCUT2D eigenvalue weighted by atomic mass is 10.1. The zero-order valence-corrected chi connectivity index (χ0v) is 13.3. The molecule has 0 unspecified atom stereocenters. The highest BCUT2D eigenvalue weighted by Crippen LogP contribution is 2.25. The minimum Gasteiger partial charge on any atom is -0.508 e. The highest BCUT2D eigenvalue weighted by molar-refractivity contribution is 6.01. The molecule has 24 heavy (non-hydrogen) atoms. The molecule has 1 amide bonds. The van der Waals surface area contributed by atoms with Crippen LogP contribution in [0.5, 0.6) is 23.0 Å². The number of carbonyl (C=O) groups excluding carboxylic acids is 1. The predicted octanol–water partition coefficient (Wildman–Crippen LogP) is 2.03. The third kappa shape index (κ3) is 4.39. The number of nitrogens with one attached hydrogen (secondary N) is 1. The second kappa shape index (κ2) is 7.87. The van der Waals surface area contributed by atoms with Gasteiger partial charge in [-0.05, 0) is 37.3 Å². The van der Waals surface area contributed by atoms with Gasteiger partial charge in [0.1, 0.15) is 11.5 Å². The Labute approximate surface area is 139 Å². The number of aromatic hydroxyl groups is 2. The molecule has 0 atom stereocenters. The number of carbonyl (C=O) groups is 1. The number of para-hydroxylation sites is 2. The standard InChI is InChI=1S/C17H18N2O5/c1-11(13-9-12(20)7-8-14(13)21)18-19-17(22)10-24-16-6-4-3-5-15(16)23-2/h3-9,20-21H,10H2,1-2H3,(H,19,22)/b18-11-. The fourth-order valence-corrected chi connectivity index (χ4v) is 1.93. The topological polar surface area (TPSA) is 100 Å². The lowest BCUT2D eigenvalue weighted by Crippen LogP contribution is -2.25. The fourth-order valence-electron chi connectivity index (χ4n) is 1.93. The SMILES string of the molecule is COc1ccccc1OCC(=O)N/N=C(/C)c1cc(O)ccc1O. The molecule has 0 bridgehead atoms. The van der Waals surface area contributed by atoms with E-state index in [1.54, 1.807) is 31.2 Å². The molecule has 3 N–H and O–H groups in total. The summed E-state index contributed by atoms with van der Waals surface area (Å²) < 4.78 is 10.5. The van der Waals surface area contributed by atoms with Crippen molar-refractivity contribution in [2.45, 2.75) is 6.92 Å². The van der Waals surface area contributed by atoms with Gasteiger partial charge in [-0.2, -0.15) is 5.10 Å². The minimum atomic E-state index is -0.472. The van der Waals surface area contributed by atoms with Crippen molar-refractivity contribution in [1.29, 1.82) is 0 Å². The highest BCUT2D eigenvalue weighted by atomic mass is 16.5. The van der Waals surface area contributed by atoms with Crippen LogP contribution in [0.25, 0.3) is 0 Å². The zero-order valence-electron chi connectivity index (χ0n) is 13.3. The predicted molar refractivity (Wildman–Crippen MR) is 88.6 cm³/mol. The number of amides is 1. The van der Waals surface area contributed by atoms with Crippen molar-refractivity contribution in [1.82, 2.24) is 5.43 Å². The maximum Gasteiger partial charge on any atom is 0.277 e. The molecule has 0 radical (unpaired) electrons. The average molecular weight is 330 g/mol. The van der Waals surface area contributed by atoms with Gasteiger partial charge in [0, 0.05) is 5.56 Å². The van der Waals surface area contributed by atoms with Crippen molar-refractivity contribution in [3.8, 4) is 23.0 Å². The summed E-state index contributed by atoms with van der Waals surface area (Å²) in [5, 5.41) is 23.1. The first-order chi connectivity index (χ1) is 11.5. The quantitative estimate of drug-likeness (QED) is 0.427. The van der Waals surface area contributed by atoms with Gasteiger partial charge in [-0.3, -0.25) is 4.79 Å². The molecule has 0 heterocycles. The first-order valence-electron chi connectivity index (χ1n) is 7.12. The van der Waals surface area contributed by atoms with Crippen LogP contribution in [0.3, 0.4) is 0 Å². The summed E-state index contributed by atoms with van der Waals surface area (Å²) in [6.07, 6.45) is 0. The van der Waals surface area contributed by atoms with E-state index in [1.165, 1.54) is 25.3 Å². The Morgan fingerprint density at radius 3 is 2.58 bits per heavy atom. The average Bonchev–Trinajstić information content (AvgIpc) is 2.60. The molecule has 0 spiro atoms. The van der Waals surface area contributed by atoms with E-state index in [-0.39, 0.29) is 18.1 Å². The number of hydrogen-bond acceptors (Lipinski definition) is 6. The maximum absolute atomic E-state index is 11.8. The van der Waals surface area contributed by atoms with Crippen molar-refractivity contribution in [3.63, 3.8) is 0 Å². The molecule has 2 aromatic carbocycles. The van der Waals surface area contributed by atoms with E-state index in [1.807, 2.05) is 0 Å². The normalized spacial score (nSPS) is 11.0. The molecule has 0 aromatic heterocycles. The van der Waals surface area contributed by atoms with Crippen LogP contribution < -0.4 is 14.9 Å². The molecule has 0 fully saturated rings. The number of methoxy groups -OCH3 is 1. The maximum atomic E-state index is 11.8. The molecule has 126 valence electrons. The number of phenols is 2. The van der Waals surface area contributed by atoms with E-state index < -0.39 is 5.91 Å². The Morgan fingerprint density at radius 1 is 1.17 bits per heavy atom. The number of nitrogens with zero attached hydrogens (tertiary/aromatic N) is 1. The number of benzene rings is 2. The van der Waals surface area contributed by atoms with Crippen molar-refractivity contribution >= 4 is 11.6 Å². The molecule has 0 aliphatic carbocycles. The van der Waals surface area contributed by atoms with Gasteiger partial charge in [0.15, 0.2) is 18.1 Å². The minimum absolute atomic E-state index is 0.0109. The van der Waals surface area contributed by atoms with Crippen LogP contribution in [0.1, 0.15) is 12.5 Å². The monoisotopic (exact) mass is 330 g/mol. The van der Waals surface area contributed by atoms with Crippen molar-refractivity contribution in [2.24, 2.45) is 5.10 Å². The molecule has 7 nitrogen and oxygen atoms in total. The summed E-state index contributed by atoms with van der Waals surface area (Å²) in [7, 11) is 1.51. The Bertz CT molecular complexity index is 758. The third-order valence-corrected chi connectivity index (χ3v) is 3.15. The Balaban J connectivity index is 1.96. The van der Waals surface area contributed by atoms with E-state index in [0.29, 0.717) is 22.8 Å². The molecule has 0 saturated carbocycles. The number of hydrogen-bond donors (Lipinski definition) is 3. The van der Waals surface area contributed by atoms with Crippen LogP contribution in [0.4, 0.5) is 0 Å². The molecule has 2 rings (SSSR count). The number of ether oxygens (including phenoxy) is 2. The van der Waals surface area contributed by atoms with E-state index in [0.717, 1.165) is 0 Å². The first kappa shape index (κ1) is 17.1. The molecule has 2 aromatic rings. The summed E-state index contributed by atoms with van der Waals surface area (Å²) >= 11 is 0. The number of phenolic OH excluding ortho intramolecular Hbond substituents is 2. The largest absolute Gasteiger partial charge is 0.508 e. The third-order valence-electron chi connectivity index (χ3n) is 3.15. The van der Waals surface area contributed by atoms with Crippen LogP contribution in [0.2, 0.25) is 0 Å². The molecular formula is C17H18N2O5. The Kier molecular flexibility index (Phi) is 5.62. The van der Waals surface area contributed by atoms with Crippen LogP contribution in [0, 0.1) is 0 Å². The van der Waals surface area contributed by atoms with E-state index in [4.69, 9.17) is 9.47 Å². The summed E-state index contributed by atoms with van der Waals surface area (Å²) in [6, 6.07) is 11.0. The van der Waals surface area contributed by atoms with Gasteiger partial charge in [-0.1, -0.05) is 12.1 Å². The Morgan fingerprint density at radius 2 is 1.88 bits per heavy atom. The van der Waals surface area contributed by atoms with Gasteiger partial charge < -0.3 is 19.7 Å². The second-order valence-corrected chi connectivity index (χ2v) is 4.87. The van der Waals surface area contributed by atoms with Crippen LogP contribution in [-0.2, 0) is 4.79 Å². The first-order valence-corrected chi connectivity index (χ1v) is 7.12. The zero-order chi connectivity index (χ0) is 17.5. The molecular weight excluding hydrogens is 312 g/mol. The van der Waals surface area contributed by atoms with Crippen molar-refractivity contribution in [2.75, 3.05) is 13.7 Å². The summed E-state index contributed by atoms with van der Waals surface area (Å²) in [6.45, 7) is 1.35. The van der Waals surface area contributed by atoms with Gasteiger partial charge in [0.25, 0.3) is 5.91 Å². The fraction of sp³-hybridized carbons (Fsp3) is 0.176. The van der Waals surface area contributed by atoms with E-state index >= 15 is 0 Å². The van der Waals surface area contributed by atoms with Crippen LogP contribution in [0.15, 0.2) is 47.6 Å². The van der Waals surface area contributed by atoms with Crippen LogP contribution in [-0.4, -0.2) is 35.5 Å². The highest BCUT2D eigenvalue weighted by Gasteiger charge is 2.09. The van der Waals surface area contributed by atoms with Crippen molar-refractivity contribution < 1.29 is 24.5 Å². The van der Waals surface area contributed by atoms with Gasteiger partial charge >= 0.3 is 0 Å². The second-order valence-electron chi connectivity index (χ2n) is 4.87. The number of hydrazone groups is 1. The molecule has 0 aliphatic heterocycles. The summed E-state index contributed by atoms with van der Waals surface area (Å²) in [5.41, 5.74) is 2.99.